The third kappa shape index (κ3) is 2.67. The van der Waals surface area contributed by atoms with E-state index >= 15 is 0 Å². The lowest BCUT2D eigenvalue weighted by Crippen LogP contribution is -2.43. The van der Waals surface area contributed by atoms with Crippen molar-refractivity contribution in [1.29, 1.82) is 0 Å². The Morgan fingerprint density at radius 1 is 1.36 bits per heavy atom. The first-order valence-electron chi connectivity index (χ1n) is 8.74. The van der Waals surface area contributed by atoms with Crippen LogP contribution in [0.25, 0.3) is 0 Å². The van der Waals surface area contributed by atoms with Gasteiger partial charge in [0.2, 0.25) is 0 Å². The van der Waals surface area contributed by atoms with E-state index in [1.165, 1.54) is 25.9 Å². The Labute approximate surface area is 133 Å². The van der Waals surface area contributed by atoms with Crippen molar-refractivity contribution in [2.24, 2.45) is 11.3 Å². The molecule has 2 aliphatic carbocycles. The maximum atomic E-state index is 5.46. The standard InChI is InChI=1S/C18H28N2O2/c1-21-9-6-19-13-16-12-18(16,14-19)15-2-4-17(5-3-15)20-7-10-22-11-8-20/h2-4,16-17H,5-14H2,1H3. The number of fused-ring (bicyclic) bond motifs is 1. The highest BCUT2D eigenvalue weighted by Gasteiger charge is 2.60. The zero-order chi connectivity index (χ0) is 15.0. The number of rotatable bonds is 5. The third-order valence-corrected chi connectivity index (χ3v) is 5.99. The van der Waals surface area contributed by atoms with Crippen LogP contribution >= 0.6 is 0 Å². The van der Waals surface area contributed by atoms with E-state index in [1.54, 1.807) is 12.7 Å². The number of ether oxygens (including phenoxy) is 2. The van der Waals surface area contributed by atoms with Crippen LogP contribution in [0.4, 0.5) is 0 Å². The van der Waals surface area contributed by atoms with Gasteiger partial charge in [-0.2, -0.15) is 0 Å². The average molecular weight is 304 g/mol. The van der Waals surface area contributed by atoms with Crippen molar-refractivity contribution in [3.8, 4) is 0 Å². The lowest BCUT2D eigenvalue weighted by Gasteiger charge is -2.34. The van der Waals surface area contributed by atoms with Crippen LogP contribution in [0, 0.1) is 11.3 Å². The molecule has 3 fully saturated rings. The van der Waals surface area contributed by atoms with Crippen molar-refractivity contribution in [1.82, 2.24) is 9.80 Å². The smallest absolute Gasteiger partial charge is 0.0594 e. The molecule has 4 rings (SSSR count). The Balaban J connectivity index is 1.35. The van der Waals surface area contributed by atoms with Gasteiger partial charge in [-0.15, -0.1) is 0 Å². The number of methoxy groups -OCH3 is 1. The van der Waals surface area contributed by atoms with E-state index in [4.69, 9.17) is 9.47 Å². The molecule has 1 saturated carbocycles. The number of likely N-dealkylation sites (tertiary alicyclic amines) is 1. The molecule has 0 radical (unpaired) electrons. The van der Waals surface area contributed by atoms with Gasteiger partial charge in [0, 0.05) is 51.3 Å². The molecular formula is C18H28N2O2. The first kappa shape index (κ1) is 14.9. The van der Waals surface area contributed by atoms with Crippen LogP contribution in [-0.4, -0.2) is 75.5 Å². The van der Waals surface area contributed by atoms with Crippen LogP contribution in [0.3, 0.4) is 0 Å². The van der Waals surface area contributed by atoms with Crippen LogP contribution in [0.15, 0.2) is 23.8 Å². The minimum absolute atomic E-state index is 0.486. The van der Waals surface area contributed by atoms with E-state index in [9.17, 15) is 0 Å². The highest BCUT2D eigenvalue weighted by molar-refractivity contribution is 5.40. The minimum Gasteiger partial charge on any atom is -0.383 e. The summed E-state index contributed by atoms with van der Waals surface area (Å²) in [6.45, 7) is 8.38. The second-order valence-electron chi connectivity index (χ2n) is 7.26. The summed E-state index contributed by atoms with van der Waals surface area (Å²) in [5.74, 6) is 0.889. The Kier molecular flexibility index (Phi) is 4.11. The molecule has 3 unspecified atom stereocenters. The monoisotopic (exact) mass is 304 g/mol. The lowest BCUT2D eigenvalue weighted by molar-refractivity contribution is 0.0258. The van der Waals surface area contributed by atoms with Crippen molar-refractivity contribution in [2.75, 3.05) is 59.7 Å². The van der Waals surface area contributed by atoms with E-state index in [-0.39, 0.29) is 0 Å². The Morgan fingerprint density at radius 2 is 2.23 bits per heavy atom. The van der Waals surface area contributed by atoms with Crippen LogP contribution in [-0.2, 0) is 9.47 Å². The molecule has 0 aromatic carbocycles. The first-order valence-corrected chi connectivity index (χ1v) is 8.74. The average Bonchev–Trinajstić information content (AvgIpc) is 3.16. The van der Waals surface area contributed by atoms with Crippen molar-refractivity contribution in [3.63, 3.8) is 0 Å². The summed E-state index contributed by atoms with van der Waals surface area (Å²) in [6, 6.07) is 0.590. The highest BCUT2D eigenvalue weighted by Crippen LogP contribution is 2.62. The van der Waals surface area contributed by atoms with Gasteiger partial charge in [-0.1, -0.05) is 18.2 Å². The Hall–Kier alpha value is -0.680. The summed E-state index contributed by atoms with van der Waals surface area (Å²) in [7, 11) is 1.80. The molecule has 0 amide bonds. The second kappa shape index (κ2) is 6.08. The van der Waals surface area contributed by atoms with E-state index in [2.05, 4.69) is 28.0 Å². The van der Waals surface area contributed by atoms with Gasteiger partial charge in [-0.3, -0.25) is 9.80 Å². The Bertz CT molecular complexity index is 470. The summed E-state index contributed by atoms with van der Waals surface area (Å²) in [5.41, 5.74) is 2.10. The molecular weight excluding hydrogens is 276 g/mol. The summed E-state index contributed by atoms with van der Waals surface area (Å²) in [5, 5.41) is 0. The fraction of sp³-hybridized carbons (Fsp3) is 0.778. The second-order valence-corrected chi connectivity index (χ2v) is 7.26. The number of piperidine rings is 1. The molecule has 0 aromatic rings. The molecule has 0 N–H and O–H groups in total. The van der Waals surface area contributed by atoms with Gasteiger partial charge >= 0.3 is 0 Å². The first-order chi connectivity index (χ1) is 10.8. The maximum Gasteiger partial charge on any atom is 0.0594 e. The van der Waals surface area contributed by atoms with Crippen LogP contribution in [0.5, 0.6) is 0 Å². The lowest BCUT2D eigenvalue weighted by atomic mass is 9.88. The van der Waals surface area contributed by atoms with Gasteiger partial charge in [0.05, 0.1) is 19.8 Å². The van der Waals surface area contributed by atoms with Gasteiger partial charge in [0.1, 0.15) is 0 Å². The number of hydrogen-bond acceptors (Lipinski definition) is 4. The van der Waals surface area contributed by atoms with Gasteiger partial charge in [0.25, 0.3) is 0 Å². The van der Waals surface area contributed by atoms with Crippen molar-refractivity contribution >= 4 is 0 Å². The number of nitrogens with zero attached hydrogens (tertiary/aromatic N) is 2. The third-order valence-electron chi connectivity index (χ3n) is 5.99. The van der Waals surface area contributed by atoms with E-state index in [1.807, 2.05) is 0 Å². The summed E-state index contributed by atoms with van der Waals surface area (Å²) >= 11 is 0. The molecule has 4 heteroatoms. The molecule has 4 nitrogen and oxygen atoms in total. The molecule has 22 heavy (non-hydrogen) atoms. The van der Waals surface area contributed by atoms with Gasteiger partial charge < -0.3 is 9.47 Å². The highest BCUT2D eigenvalue weighted by atomic mass is 16.5. The quantitative estimate of drug-likeness (QED) is 0.769. The van der Waals surface area contributed by atoms with Gasteiger partial charge in [0.15, 0.2) is 0 Å². The summed E-state index contributed by atoms with van der Waals surface area (Å²) in [6.07, 6.45) is 9.99. The maximum absolute atomic E-state index is 5.46. The van der Waals surface area contributed by atoms with Crippen LogP contribution in [0.1, 0.15) is 12.8 Å². The van der Waals surface area contributed by atoms with Crippen molar-refractivity contribution in [3.05, 3.63) is 23.8 Å². The van der Waals surface area contributed by atoms with Gasteiger partial charge in [-0.05, 0) is 24.3 Å². The molecule has 2 saturated heterocycles. The fourth-order valence-electron chi connectivity index (χ4n) is 4.58. The van der Waals surface area contributed by atoms with Crippen LogP contribution in [0.2, 0.25) is 0 Å². The molecule has 2 heterocycles. The molecule has 0 aromatic heterocycles. The molecule has 4 aliphatic rings. The van der Waals surface area contributed by atoms with Crippen LogP contribution < -0.4 is 0 Å². The Morgan fingerprint density at radius 3 is 2.95 bits per heavy atom. The predicted molar refractivity (Wildman–Crippen MR) is 86.9 cm³/mol. The zero-order valence-electron chi connectivity index (χ0n) is 13.7. The van der Waals surface area contributed by atoms with E-state index in [0.29, 0.717) is 11.5 Å². The molecule has 3 atom stereocenters. The summed E-state index contributed by atoms with van der Waals surface area (Å²) < 4.78 is 10.7. The largest absolute Gasteiger partial charge is 0.383 e. The summed E-state index contributed by atoms with van der Waals surface area (Å²) in [4.78, 5) is 5.15. The SMILES string of the molecule is COCCN1CC2CC2(C2=CCC(N3CCOCC3)C=C2)C1. The topological polar surface area (TPSA) is 24.9 Å². The molecule has 0 spiro atoms. The van der Waals surface area contributed by atoms with Gasteiger partial charge in [-0.25, -0.2) is 0 Å². The molecule has 122 valence electrons. The molecule has 0 bridgehead atoms. The number of allylic oxidation sites excluding steroid dienone is 1. The minimum atomic E-state index is 0.486. The van der Waals surface area contributed by atoms with E-state index in [0.717, 1.165) is 45.4 Å². The van der Waals surface area contributed by atoms with Crippen molar-refractivity contribution < 1.29 is 9.47 Å². The zero-order valence-corrected chi connectivity index (χ0v) is 13.7. The predicted octanol–water partition coefficient (Wildman–Crippen LogP) is 1.54. The fourth-order valence-corrected chi connectivity index (χ4v) is 4.58. The van der Waals surface area contributed by atoms with E-state index < -0.39 is 0 Å². The van der Waals surface area contributed by atoms with Crippen molar-refractivity contribution in [2.45, 2.75) is 18.9 Å². The number of hydrogen-bond donors (Lipinski definition) is 0. The normalized spacial score (nSPS) is 38.9. The molecule has 2 aliphatic heterocycles. The number of morpholine rings is 1.